The van der Waals surface area contributed by atoms with Crippen LogP contribution in [0.5, 0.6) is 69.0 Å². The van der Waals surface area contributed by atoms with Gasteiger partial charge in [-0.15, -0.1) is 0 Å². The molecule has 0 saturated heterocycles. The summed E-state index contributed by atoms with van der Waals surface area (Å²) in [6.07, 6.45) is -4.96. The maximum absolute atomic E-state index is 12.2. The number of carbonyl (C=O) groups excluding carboxylic acids is 5. The van der Waals surface area contributed by atoms with Crippen LogP contribution in [0.2, 0.25) is 55.2 Å². The number of hydrogen-bond donors (Lipinski definition) is 1. The number of rotatable bonds is 24. The van der Waals surface area contributed by atoms with Crippen molar-refractivity contribution in [1.82, 2.24) is 0 Å². The van der Waals surface area contributed by atoms with Crippen molar-refractivity contribution in [2.45, 2.75) is 72.1 Å². The van der Waals surface area contributed by atoms with Gasteiger partial charge in [-0.3, -0.25) is 0 Å². The lowest BCUT2D eigenvalue weighted by atomic mass is 10.2. The average molecular weight is 1600 g/mol. The highest BCUT2D eigenvalue weighted by atomic mass is 35.5. The summed E-state index contributed by atoms with van der Waals surface area (Å²) in [5.41, 5.74) is 0.827. The zero-order chi connectivity index (χ0) is 74.1. The smallest absolute Gasteiger partial charge is 0.347 e. The summed E-state index contributed by atoms with van der Waals surface area (Å²) in [5.74, 6) is -0.551. The minimum absolute atomic E-state index is 0.191. The fourth-order valence-corrected chi connectivity index (χ4v) is 9.64. The van der Waals surface area contributed by atoms with Gasteiger partial charge in [0.15, 0.2) is 83.1 Å². The van der Waals surface area contributed by atoms with Gasteiger partial charge in [-0.2, -0.15) is 0 Å². The van der Waals surface area contributed by atoms with E-state index in [9.17, 15) is 28.8 Å². The molecule has 0 heterocycles. The molecule has 0 saturated carbocycles. The van der Waals surface area contributed by atoms with Gasteiger partial charge in [0.2, 0.25) is 0 Å². The molecule has 0 aliphatic rings. The maximum atomic E-state index is 12.2. The van der Waals surface area contributed by atoms with E-state index in [1.807, 2.05) is 6.92 Å². The van der Waals surface area contributed by atoms with Crippen LogP contribution in [0, 0.1) is 6.92 Å². The van der Waals surface area contributed by atoms with Gasteiger partial charge in [-0.1, -0.05) is 128 Å². The Labute approximate surface area is 629 Å². The van der Waals surface area contributed by atoms with E-state index >= 15 is 0 Å². The largest absolute Gasteiger partial charge is 0.479 e. The summed E-state index contributed by atoms with van der Waals surface area (Å²) in [6, 6.07) is 38.4. The molecule has 20 nitrogen and oxygen atoms in total. The second-order valence-electron chi connectivity index (χ2n) is 20.1. The van der Waals surface area contributed by atoms with Gasteiger partial charge in [-0.05, 0) is 168 Å². The monoisotopic (exact) mass is 1590 g/mol. The van der Waals surface area contributed by atoms with Crippen molar-refractivity contribution in [2.75, 3.05) is 27.9 Å². The van der Waals surface area contributed by atoms with Crippen molar-refractivity contribution < 1.29 is 95.5 Å². The number of aryl methyl sites for hydroxylation is 1. The van der Waals surface area contributed by atoms with Crippen molar-refractivity contribution in [3.8, 4) is 69.0 Å². The highest BCUT2D eigenvalue weighted by Gasteiger charge is 2.27. The Morgan fingerprint density at radius 3 is 0.900 bits per heavy atom. The van der Waals surface area contributed by atoms with Gasteiger partial charge in [0.25, 0.3) is 0 Å². The van der Waals surface area contributed by atoms with Gasteiger partial charge in [0.1, 0.15) is 23.0 Å². The summed E-state index contributed by atoms with van der Waals surface area (Å²) in [4.78, 5) is 69.0. The number of hydrogen-bond acceptors (Lipinski definition) is 19. The summed E-state index contributed by atoms with van der Waals surface area (Å²) < 4.78 is 68.6. The SMILES string of the molecule is CC(Oc1cc(Cl)ccc1Oc1ccc(Cl)cc1Cl)C(=O)O.COC(=O)C(C)OC(=O)C(C)Oc1cc(Cl)ccc1Oc1ccc(Cl)cc1C.COC(=O)C(C)Oc1cc(Cl)ccc1Oc1ccc(Cl)cc1Cl.COC(=O)COC(=O)C(C)Oc1cc(Cl)ccc1Oc1ccc(Cl)cc1Cl. The molecule has 5 atom stereocenters. The number of halogens is 11. The number of benzene rings is 8. The van der Waals surface area contributed by atoms with Crippen molar-refractivity contribution in [3.63, 3.8) is 0 Å². The first-order valence-electron chi connectivity index (χ1n) is 28.8. The number of carboxylic acids is 1. The van der Waals surface area contributed by atoms with E-state index in [4.69, 9.17) is 180 Å². The molecule has 100 heavy (non-hydrogen) atoms. The molecule has 0 amide bonds. The van der Waals surface area contributed by atoms with Gasteiger partial charge >= 0.3 is 35.8 Å². The van der Waals surface area contributed by atoms with Crippen molar-refractivity contribution in [2.24, 2.45) is 0 Å². The van der Waals surface area contributed by atoms with E-state index in [-0.39, 0.29) is 23.0 Å². The van der Waals surface area contributed by atoms with E-state index in [0.717, 1.165) is 5.56 Å². The number of esters is 5. The first-order valence-corrected chi connectivity index (χ1v) is 32.9. The van der Waals surface area contributed by atoms with Crippen LogP contribution >= 0.6 is 128 Å². The molecule has 0 aromatic heterocycles. The molecule has 5 unspecified atom stereocenters. The van der Waals surface area contributed by atoms with E-state index in [0.29, 0.717) is 101 Å². The van der Waals surface area contributed by atoms with Crippen LogP contribution in [0.1, 0.15) is 40.2 Å². The zero-order valence-corrected chi connectivity index (χ0v) is 62.1. The summed E-state index contributed by atoms with van der Waals surface area (Å²) in [6.45, 7) is 8.67. The Morgan fingerprint density at radius 1 is 0.320 bits per heavy atom. The highest BCUT2D eigenvalue weighted by Crippen LogP contribution is 2.42. The number of carboxylic acid groups (broad SMARTS) is 1. The first kappa shape index (κ1) is 82.8. The first-order chi connectivity index (χ1) is 47.3. The summed E-state index contributed by atoms with van der Waals surface area (Å²) >= 11 is 65.7. The molecule has 0 aliphatic heterocycles. The predicted octanol–water partition coefficient (Wildman–Crippen LogP) is 20.6. The lowest BCUT2D eigenvalue weighted by Crippen LogP contribution is -2.33. The number of ether oxygens (including phenoxy) is 13. The van der Waals surface area contributed by atoms with Gasteiger partial charge < -0.3 is 66.7 Å². The van der Waals surface area contributed by atoms with E-state index < -0.39 is 72.9 Å². The van der Waals surface area contributed by atoms with Crippen LogP contribution in [0.3, 0.4) is 0 Å². The fourth-order valence-electron chi connectivity index (χ4n) is 7.42. The lowest BCUT2D eigenvalue weighted by Gasteiger charge is -2.19. The average Bonchev–Trinajstić information content (AvgIpc) is 0.849. The highest BCUT2D eigenvalue weighted by molar-refractivity contribution is 6.37. The molecule has 8 aromatic carbocycles. The third kappa shape index (κ3) is 26.9. The minimum Gasteiger partial charge on any atom is -0.479 e. The Hall–Kier alpha value is -7.83. The third-order valence-corrected chi connectivity index (χ3v) is 15.2. The van der Waals surface area contributed by atoms with E-state index in [2.05, 4.69) is 14.2 Å². The molecular weight excluding hydrogens is 1540 g/mol. The molecule has 8 rings (SSSR count). The van der Waals surface area contributed by atoms with Crippen LogP contribution in [-0.2, 0) is 52.5 Å². The molecule has 31 heteroatoms. The second kappa shape index (κ2) is 40.6. The van der Waals surface area contributed by atoms with Crippen LogP contribution in [-0.4, -0.2) is 99.4 Å². The maximum Gasteiger partial charge on any atom is 0.347 e. The van der Waals surface area contributed by atoms with Crippen LogP contribution in [0.15, 0.2) is 146 Å². The van der Waals surface area contributed by atoms with Gasteiger partial charge in [0.05, 0.1) is 36.4 Å². The van der Waals surface area contributed by atoms with Crippen molar-refractivity contribution in [1.29, 1.82) is 0 Å². The molecule has 0 radical (unpaired) electrons. The van der Waals surface area contributed by atoms with E-state index in [1.165, 1.54) is 79.4 Å². The fraction of sp³-hybridized carbons (Fsp3) is 0.217. The van der Waals surface area contributed by atoms with E-state index in [1.54, 1.807) is 122 Å². The number of aliphatic carboxylic acids is 1. The van der Waals surface area contributed by atoms with Gasteiger partial charge in [0, 0.05) is 64.4 Å². The number of carbonyl (C=O) groups is 6. The Balaban J connectivity index is 0.000000241. The molecule has 0 fully saturated rings. The Bertz CT molecular complexity index is 4180. The van der Waals surface area contributed by atoms with Crippen molar-refractivity contribution in [3.05, 3.63) is 206 Å². The lowest BCUT2D eigenvalue weighted by molar-refractivity contribution is -0.168. The second-order valence-corrected chi connectivity index (χ2v) is 24.8. The Morgan fingerprint density at radius 2 is 0.590 bits per heavy atom. The molecule has 0 spiro atoms. The molecule has 0 bridgehead atoms. The topological polar surface area (TPSA) is 243 Å². The van der Waals surface area contributed by atoms with Crippen LogP contribution < -0.4 is 37.9 Å². The zero-order valence-electron chi connectivity index (χ0n) is 53.8. The molecule has 1 N–H and O–H groups in total. The molecule has 532 valence electrons. The standard InChI is InChI=1S/C20H20Cl2O6.C18H15Cl3O6.C16H13Cl3O4.C15H11Cl3O4/c1-11-9-14(21)5-7-16(11)28-17-8-6-15(22)10-18(17)26-13(3)20(24)27-12(2)19(23)25-4;1-10(18(23)25-9-17(22)24-2)26-16-8-12(20)4-6-15(16)27-14-5-3-11(19)7-13(14)21;1-9(16(20)21-2)22-15-8-11(18)4-6-14(15)23-13-5-3-10(17)7-12(13)19;1-8(15(19)20)21-14-7-10(17)3-5-13(14)22-12-4-2-9(16)6-11(12)18/h5-10,12-13H,1-4H3;3-8,10H,9H2,1-2H3;3-9H,1-2H3;2-8H,1H3,(H,19,20). The summed E-state index contributed by atoms with van der Waals surface area (Å²) in [5, 5.41) is 13.5. The third-order valence-electron chi connectivity index (χ3n) is 12.5. The van der Waals surface area contributed by atoms with Crippen LogP contribution in [0.4, 0.5) is 0 Å². The molecule has 0 aliphatic carbocycles. The number of methoxy groups -OCH3 is 3. The molecule has 8 aromatic rings. The van der Waals surface area contributed by atoms with Crippen molar-refractivity contribution >= 4 is 163 Å². The Kier molecular flexibility index (Phi) is 33.6. The van der Waals surface area contributed by atoms with Crippen LogP contribution in [0.25, 0.3) is 0 Å². The van der Waals surface area contributed by atoms with Gasteiger partial charge in [-0.25, -0.2) is 28.8 Å². The normalized spacial score (nSPS) is 11.9. The predicted molar refractivity (Wildman–Crippen MR) is 382 cm³/mol. The quantitative estimate of drug-likeness (QED) is 0.0436. The molecular formula is C69H59Cl11O20. The minimum atomic E-state index is -1.10. The summed E-state index contributed by atoms with van der Waals surface area (Å²) in [7, 11) is 3.68.